The predicted molar refractivity (Wildman–Crippen MR) is 122 cm³/mol. The minimum atomic E-state index is -4.75. The molecule has 1 amide bonds. The van der Waals surface area contributed by atoms with Crippen LogP contribution in [0.4, 0.5) is 18.9 Å². The first-order valence-electron chi connectivity index (χ1n) is 9.82. The molecule has 1 saturated heterocycles. The fourth-order valence-electron chi connectivity index (χ4n) is 3.87. The number of nitrogens with zero attached hydrogens (tertiary/aromatic N) is 2. The maximum absolute atomic E-state index is 14.2. The van der Waals surface area contributed by atoms with E-state index < -0.39 is 18.2 Å². The number of hydrogen-bond acceptors (Lipinski definition) is 4. The van der Waals surface area contributed by atoms with Crippen LogP contribution >= 0.6 is 35.0 Å². The van der Waals surface area contributed by atoms with Crippen LogP contribution < -0.4 is 4.90 Å². The number of anilines is 1. The minimum absolute atomic E-state index is 0.0761. The normalized spacial score (nSPS) is 21.0. The van der Waals surface area contributed by atoms with E-state index in [0.717, 1.165) is 29.2 Å². The van der Waals surface area contributed by atoms with Gasteiger partial charge in [-0.3, -0.25) is 4.79 Å². The lowest BCUT2D eigenvalue weighted by Crippen LogP contribution is -2.42. The Kier molecular flexibility index (Phi) is 6.40. The Morgan fingerprint density at radius 1 is 1.22 bits per heavy atom. The first-order valence-corrected chi connectivity index (χ1v) is 11.7. The molecule has 2 aromatic carbocycles. The first kappa shape index (κ1) is 23.3. The maximum Gasteiger partial charge on any atom is 0.435 e. The van der Waals surface area contributed by atoms with Gasteiger partial charge in [-0.15, -0.1) is 0 Å². The molecule has 0 N–H and O–H groups in total. The lowest BCUT2D eigenvalue weighted by Gasteiger charge is -2.30. The molecular formula is C22H19Cl2F3N2O2S. The largest absolute Gasteiger partial charge is 0.435 e. The molecule has 2 heterocycles. The summed E-state index contributed by atoms with van der Waals surface area (Å²) in [5.74, 6) is 2.49. The second-order valence-electron chi connectivity index (χ2n) is 7.95. The maximum atomic E-state index is 14.2. The molecule has 32 heavy (non-hydrogen) atoms. The van der Waals surface area contributed by atoms with Crippen LogP contribution in [0.3, 0.4) is 0 Å². The predicted octanol–water partition coefficient (Wildman–Crippen LogP) is 6.21. The average molecular weight is 503 g/mol. The standard InChI is InChI=1S/C22H19Cl2F3N2O2S/c1-13-4-15(2-3-20(13)29(12-30)9-14-10-32-11-14)19-8-21(31-28-19,22(25,26)27)16-5-17(23)7-18(24)6-16/h2-7,12,14H,8-11H2,1H3. The van der Waals surface area contributed by atoms with Crippen molar-refractivity contribution in [3.05, 3.63) is 63.1 Å². The highest BCUT2D eigenvalue weighted by molar-refractivity contribution is 8.00. The molecule has 4 nitrogen and oxygen atoms in total. The summed E-state index contributed by atoms with van der Waals surface area (Å²) in [4.78, 5) is 18.3. The fourth-order valence-corrected chi connectivity index (χ4v) is 5.17. The number of hydrogen-bond donors (Lipinski definition) is 0. The molecule has 1 atom stereocenters. The van der Waals surface area contributed by atoms with Gasteiger partial charge in [-0.2, -0.15) is 24.9 Å². The number of carbonyl (C=O) groups excluding carboxylic acids is 1. The number of rotatable bonds is 6. The second-order valence-corrected chi connectivity index (χ2v) is 9.90. The molecule has 170 valence electrons. The van der Waals surface area contributed by atoms with Crippen molar-refractivity contribution in [2.45, 2.75) is 25.1 Å². The average Bonchev–Trinajstić information content (AvgIpc) is 3.14. The third-order valence-corrected chi connectivity index (χ3v) is 7.49. The third-order valence-electron chi connectivity index (χ3n) is 5.64. The lowest BCUT2D eigenvalue weighted by atomic mass is 9.86. The monoisotopic (exact) mass is 502 g/mol. The van der Waals surface area contributed by atoms with Crippen molar-refractivity contribution < 1.29 is 22.8 Å². The van der Waals surface area contributed by atoms with E-state index in [4.69, 9.17) is 28.0 Å². The molecule has 2 aromatic rings. The quantitative estimate of drug-likeness (QED) is 0.441. The van der Waals surface area contributed by atoms with Crippen LogP contribution in [0.2, 0.25) is 10.0 Å². The summed E-state index contributed by atoms with van der Waals surface area (Å²) in [7, 11) is 0. The Hall–Kier alpha value is -1.90. The number of aryl methyl sites for hydroxylation is 1. The zero-order valence-corrected chi connectivity index (χ0v) is 19.3. The Morgan fingerprint density at radius 3 is 2.44 bits per heavy atom. The van der Waals surface area contributed by atoms with E-state index in [-0.39, 0.29) is 21.3 Å². The molecule has 0 saturated carbocycles. The Morgan fingerprint density at radius 2 is 1.91 bits per heavy atom. The highest BCUT2D eigenvalue weighted by Gasteiger charge is 2.62. The summed E-state index contributed by atoms with van der Waals surface area (Å²) in [5, 5.41) is 3.95. The van der Waals surface area contributed by atoms with Gasteiger partial charge in [0.05, 0.1) is 5.71 Å². The number of amides is 1. The van der Waals surface area contributed by atoms with Gasteiger partial charge in [0.1, 0.15) is 0 Å². The van der Waals surface area contributed by atoms with Crippen molar-refractivity contribution >= 4 is 52.8 Å². The number of benzene rings is 2. The van der Waals surface area contributed by atoms with E-state index in [1.54, 1.807) is 23.1 Å². The van der Waals surface area contributed by atoms with Gasteiger partial charge in [0.15, 0.2) is 0 Å². The number of thioether (sulfide) groups is 1. The van der Waals surface area contributed by atoms with Crippen molar-refractivity contribution in [2.24, 2.45) is 11.1 Å². The topological polar surface area (TPSA) is 41.9 Å². The molecular weight excluding hydrogens is 484 g/mol. The summed E-state index contributed by atoms with van der Waals surface area (Å²) < 4.78 is 42.5. The first-order chi connectivity index (χ1) is 15.1. The molecule has 1 fully saturated rings. The molecule has 1 unspecified atom stereocenters. The van der Waals surface area contributed by atoms with Gasteiger partial charge < -0.3 is 9.74 Å². The Bertz CT molecular complexity index is 1060. The molecule has 0 bridgehead atoms. The van der Waals surface area contributed by atoms with E-state index in [1.165, 1.54) is 18.2 Å². The number of carbonyl (C=O) groups is 1. The fraction of sp³-hybridized carbons (Fsp3) is 0.364. The smallest absolute Gasteiger partial charge is 0.374 e. The highest BCUT2D eigenvalue weighted by Crippen LogP contribution is 2.49. The van der Waals surface area contributed by atoms with Crippen LogP contribution in [0, 0.1) is 12.8 Å². The minimum Gasteiger partial charge on any atom is -0.374 e. The number of oxime groups is 1. The summed E-state index contributed by atoms with van der Waals surface area (Å²) in [6.07, 6.45) is -4.49. The molecule has 0 spiro atoms. The van der Waals surface area contributed by atoms with Crippen LogP contribution in [0.25, 0.3) is 0 Å². The summed E-state index contributed by atoms with van der Waals surface area (Å²) >= 11 is 13.7. The molecule has 4 rings (SSSR count). The van der Waals surface area contributed by atoms with Gasteiger partial charge >= 0.3 is 6.18 Å². The van der Waals surface area contributed by atoms with Crippen molar-refractivity contribution in [2.75, 3.05) is 23.0 Å². The molecule has 2 aliphatic heterocycles. The second kappa shape index (κ2) is 8.80. The zero-order valence-electron chi connectivity index (χ0n) is 17.0. The van der Waals surface area contributed by atoms with Gasteiger partial charge in [0.2, 0.25) is 6.41 Å². The van der Waals surface area contributed by atoms with Crippen LogP contribution in [-0.4, -0.2) is 36.3 Å². The Balaban J connectivity index is 1.62. The summed E-state index contributed by atoms with van der Waals surface area (Å²) in [5.41, 5.74) is -0.750. The highest BCUT2D eigenvalue weighted by atomic mass is 35.5. The van der Waals surface area contributed by atoms with Crippen molar-refractivity contribution in [1.29, 1.82) is 0 Å². The van der Waals surface area contributed by atoms with Crippen LogP contribution in [0.1, 0.15) is 23.1 Å². The molecule has 10 heteroatoms. The molecule has 2 aliphatic rings. The van der Waals surface area contributed by atoms with E-state index in [9.17, 15) is 18.0 Å². The van der Waals surface area contributed by atoms with Crippen LogP contribution in [0.5, 0.6) is 0 Å². The number of halogens is 5. The van der Waals surface area contributed by atoms with Gasteiger partial charge in [-0.25, -0.2) is 0 Å². The zero-order chi connectivity index (χ0) is 23.1. The van der Waals surface area contributed by atoms with Crippen molar-refractivity contribution in [1.82, 2.24) is 0 Å². The van der Waals surface area contributed by atoms with Gasteiger partial charge in [-0.05, 0) is 65.8 Å². The Labute approximate surface area is 197 Å². The van der Waals surface area contributed by atoms with Crippen molar-refractivity contribution in [3.63, 3.8) is 0 Å². The van der Waals surface area contributed by atoms with E-state index in [2.05, 4.69) is 5.16 Å². The summed E-state index contributed by atoms with van der Waals surface area (Å²) in [6.45, 7) is 2.43. The van der Waals surface area contributed by atoms with Gasteiger partial charge in [0, 0.05) is 34.3 Å². The SMILES string of the molecule is Cc1cc(C2=NOC(c3cc(Cl)cc(Cl)c3)(C(F)(F)F)C2)ccc1N(C=O)CC1CSC1. The van der Waals surface area contributed by atoms with Crippen LogP contribution in [-0.2, 0) is 15.2 Å². The lowest BCUT2D eigenvalue weighted by molar-refractivity contribution is -0.275. The third kappa shape index (κ3) is 4.32. The van der Waals surface area contributed by atoms with E-state index in [1.807, 2.05) is 18.7 Å². The molecule has 0 aliphatic carbocycles. The van der Waals surface area contributed by atoms with E-state index in [0.29, 0.717) is 18.0 Å². The number of alkyl halides is 3. The van der Waals surface area contributed by atoms with Gasteiger partial charge in [-0.1, -0.05) is 34.4 Å². The molecule has 0 aromatic heterocycles. The van der Waals surface area contributed by atoms with Gasteiger partial charge in [0.25, 0.3) is 5.60 Å². The van der Waals surface area contributed by atoms with Crippen molar-refractivity contribution in [3.8, 4) is 0 Å². The van der Waals surface area contributed by atoms with Crippen LogP contribution in [0.15, 0.2) is 41.6 Å². The van der Waals surface area contributed by atoms with E-state index >= 15 is 0 Å². The summed E-state index contributed by atoms with van der Waals surface area (Å²) in [6, 6.07) is 8.85. The molecule has 0 radical (unpaired) electrons.